The van der Waals surface area contributed by atoms with Crippen molar-refractivity contribution in [3.63, 3.8) is 0 Å². The van der Waals surface area contributed by atoms with Gasteiger partial charge in [-0.3, -0.25) is 0 Å². The summed E-state index contributed by atoms with van der Waals surface area (Å²) in [6.45, 7) is 3.55. The van der Waals surface area contributed by atoms with Crippen molar-refractivity contribution in [2.45, 2.75) is 50.0 Å². The predicted molar refractivity (Wildman–Crippen MR) is 71.0 cm³/mol. The minimum Gasteiger partial charge on any atom is -0.381 e. The maximum atomic E-state index is 12.4. The number of methoxy groups -OCH3 is 1. The van der Waals surface area contributed by atoms with Crippen LogP contribution in [0.4, 0.5) is 0 Å². The van der Waals surface area contributed by atoms with Crippen LogP contribution in [0.3, 0.4) is 0 Å². The van der Waals surface area contributed by atoms with Gasteiger partial charge >= 0.3 is 0 Å². The number of hydrogen-bond acceptors (Lipinski definition) is 4. The van der Waals surface area contributed by atoms with Gasteiger partial charge in [-0.05, 0) is 32.6 Å². The van der Waals surface area contributed by atoms with E-state index in [0.717, 1.165) is 12.8 Å². The lowest BCUT2D eigenvalue weighted by Crippen LogP contribution is -2.46. The third-order valence-electron chi connectivity index (χ3n) is 3.87. The topological polar surface area (TPSA) is 58.6 Å². The summed E-state index contributed by atoms with van der Waals surface area (Å²) in [5.41, 5.74) is 0. The Morgan fingerprint density at radius 3 is 2.39 bits per heavy atom. The Labute approximate surface area is 110 Å². The Balaban J connectivity index is 1.84. The largest absolute Gasteiger partial charge is 0.381 e. The van der Waals surface area contributed by atoms with Gasteiger partial charge in [-0.2, -0.15) is 0 Å². The van der Waals surface area contributed by atoms with Crippen molar-refractivity contribution in [1.82, 2.24) is 9.62 Å². The molecule has 2 rings (SSSR count). The standard InChI is InChI=1S/C12H24N2O3S/c1-10(9-13-11-3-4-11)18(15,16)14-7-5-12(17-2)6-8-14/h10-13H,3-9H2,1-2H3. The SMILES string of the molecule is COC1CCN(S(=O)(=O)C(C)CNC2CC2)CC1. The summed E-state index contributed by atoms with van der Waals surface area (Å²) < 4.78 is 31.6. The van der Waals surface area contributed by atoms with Gasteiger partial charge in [0.15, 0.2) is 0 Å². The van der Waals surface area contributed by atoms with Crippen LogP contribution in [-0.2, 0) is 14.8 Å². The molecular formula is C12H24N2O3S. The molecule has 0 aromatic carbocycles. The number of nitrogens with zero attached hydrogens (tertiary/aromatic N) is 1. The molecular weight excluding hydrogens is 252 g/mol. The minimum absolute atomic E-state index is 0.219. The van der Waals surface area contributed by atoms with Crippen LogP contribution in [0.25, 0.3) is 0 Å². The normalized spacial score (nSPS) is 25.2. The van der Waals surface area contributed by atoms with Crippen LogP contribution in [0, 0.1) is 0 Å². The third kappa shape index (κ3) is 3.44. The molecule has 1 heterocycles. The quantitative estimate of drug-likeness (QED) is 0.770. The molecule has 0 amide bonds. The molecule has 0 aromatic heterocycles. The van der Waals surface area contributed by atoms with E-state index in [9.17, 15) is 8.42 Å². The first kappa shape index (κ1) is 14.2. The fourth-order valence-electron chi connectivity index (χ4n) is 2.30. The molecule has 0 radical (unpaired) electrons. The number of nitrogens with one attached hydrogen (secondary N) is 1. The van der Waals surface area contributed by atoms with Crippen molar-refractivity contribution in [3.05, 3.63) is 0 Å². The maximum Gasteiger partial charge on any atom is 0.217 e. The Bertz CT molecular complexity index is 360. The van der Waals surface area contributed by atoms with Crippen molar-refractivity contribution >= 4 is 10.0 Å². The highest BCUT2D eigenvalue weighted by Gasteiger charge is 2.33. The van der Waals surface area contributed by atoms with Crippen LogP contribution < -0.4 is 5.32 Å². The average Bonchev–Trinajstić information content (AvgIpc) is 3.20. The van der Waals surface area contributed by atoms with Crippen molar-refractivity contribution in [3.8, 4) is 0 Å². The van der Waals surface area contributed by atoms with Crippen LogP contribution in [0.2, 0.25) is 0 Å². The number of piperidine rings is 1. The van der Waals surface area contributed by atoms with E-state index in [1.54, 1.807) is 18.3 Å². The van der Waals surface area contributed by atoms with Gasteiger partial charge in [0.25, 0.3) is 0 Å². The molecule has 1 saturated heterocycles. The van der Waals surface area contributed by atoms with Crippen molar-refractivity contribution in [2.75, 3.05) is 26.7 Å². The van der Waals surface area contributed by atoms with E-state index in [2.05, 4.69) is 5.32 Å². The maximum absolute atomic E-state index is 12.4. The van der Waals surface area contributed by atoms with Gasteiger partial charge in [-0.25, -0.2) is 12.7 Å². The second-order valence-electron chi connectivity index (χ2n) is 5.37. The molecule has 0 bridgehead atoms. The molecule has 1 unspecified atom stereocenters. The molecule has 6 heteroatoms. The van der Waals surface area contributed by atoms with Crippen LogP contribution in [-0.4, -0.2) is 56.9 Å². The summed E-state index contributed by atoms with van der Waals surface area (Å²) in [5.74, 6) is 0. The van der Waals surface area contributed by atoms with Gasteiger partial charge in [0.2, 0.25) is 10.0 Å². The minimum atomic E-state index is -3.15. The number of ether oxygens (including phenoxy) is 1. The summed E-state index contributed by atoms with van der Waals surface area (Å²) in [7, 11) is -1.45. The lowest BCUT2D eigenvalue weighted by molar-refractivity contribution is 0.0602. The molecule has 18 heavy (non-hydrogen) atoms. The Morgan fingerprint density at radius 2 is 1.89 bits per heavy atom. The first-order chi connectivity index (χ1) is 8.54. The molecule has 0 aromatic rings. The van der Waals surface area contributed by atoms with Crippen LogP contribution in [0.1, 0.15) is 32.6 Å². The first-order valence-corrected chi connectivity index (χ1v) is 8.29. The molecule has 1 saturated carbocycles. The summed E-state index contributed by atoms with van der Waals surface area (Å²) in [5, 5.41) is 2.96. The first-order valence-electron chi connectivity index (χ1n) is 6.79. The number of hydrogen-bond donors (Lipinski definition) is 1. The zero-order valence-corrected chi connectivity index (χ0v) is 12.1. The van der Waals surface area contributed by atoms with E-state index in [1.165, 1.54) is 12.8 Å². The van der Waals surface area contributed by atoms with E-state index in [-0.39, 0.29) is 11.4 Å². The van der Waals surface area contributed by atoms with Crippen molar-refractivity contribution in [2.24, 2.45) is 0 Å². The summed E-state index contributed by atoms with van der Waals surface area (Å²) in [6.07, 6.45) is 4.20. The zero-order valence-electron chi connectivity index (χ0n) is 11.3. The summed E-state index contributed by atoms with van der Waals surface area (Å²) >= 11 is 0. The van der Waals surface area contributed by atoms with Gasteiger partial charge in [0, 0.05) is 32.8 Å². The van der Waals surface area contributed by atoms with Crippen LogP contribution in [0.15, 0.2) is 0 Å². The Morgan fingerprint density at radius 1 is 1.28 bits per heavy atom. The molecule has 5 nitrogen and oxygen atoms in total. The van der Waals surface area contributed by atoms with Crippen LogP contribution in [0.5, 0.6) is 0 Å². The fourth-order valence-corrected chi connectivity index (χ4v) is 3.84. The predicted octanol–water partition coefficient (Wildman–Crippen LogP) is 0.568. The lowest BCUT2D eigenvalue weighted by Gasteiger charge is -2.32. The highest BCUT2D eigenvalue weighted by molar-refractivity contribution is 7.89. The summed E-state index contributed by atoms with van der Waals surface area (Å²) in [6, 6.07) is 0.557. The Hall–Kier alpha value is -0.170. The van der Waals surface area contributed by atoms with Gasteiger partial charge < -0.3 is 10.1 Å². The lowest BCUT2D eigenvalue weighted by atomic mass is 10.1. The molecule has 1 aliphatic heterocycles. The Kier molecular flexibility index (Phi) is 4.64. The molecule has 106 valence electrons. The van der Waals surface area contributed by atoms with Gasteiger partial charge in [0.1, 0.15) is 0 Å². The molecule has 1 atom stereocenters. The van der Waals surface area contributed by atoms with E-state index in [1.807, 2.05) is 0 Å². The van der Waals surface area contributed by atoms with Crippen molar-refractivity contribution < 1.29 is 13.2 Å². The molecule has 1 N–H and O–H groups in total. The van der Waals surface area contributed by atoms with Crippen molar-refractivity contribution in [1.29, 1.82) is 0 Å². The fraction of sp³-hybridized carbons (Fsp3) is 1.00. The number of sulfonamides is 1. The highest BCUT2D eigenvalue weighted by Crippen LogP contribution is 2.21. The van der Waals surface area contributed by atoms with Crippen LogP contribution >= 0.6 is 0 Å². The van der Waals surface area contributed by atoms with E-state index in [4.69, 9.17) is 4.74 Å². The van der Waals surface area contributed by atoms with E-state index < -0.39 is 10.0 Å². The molecule has 1 aliphatic carbocycles. The average molecular weight is 276 g/mol. The molecule has 2 aliphatic rings. The molecule has 2 fully saturated rings. The summed E-state index contributed by atoms with van der Waals surface area (Å²) in [4.78, 5) is 0. The zero-order chi connectivity index (χ0) is 13.2. The second kappa shape index (κ2) is 5.86. The third-order valence-corrected chi connectivity index (χ3v) is 6.14. The van der Waals surface area contributed by atoms with E-state index in [0.29, 0.717) is 25.7 Å². The molecule has 0 spiro atoms. The van der Waals surface area contributed by atoms with Gasteiger partial charge in [0.05, 0.1) is 11.4 Å². The number of rotatable bonds is 6. The van der Waals surface area contributed by atoms with E-state index >= 15 is 0 Å². The monoisotopic (exact) mass is 276 g/mol. The highest BCUT2D eigenvalue weighted by atomic mass is 32.2. The second-order valence-corrected chi connectivity index (χ2v) is 7.72. The smallest absolute Gasteiger partial charge is 0.217 e. The van der Waals surface area contributed by atoms with Gasteiger partial charge in [-0.1, -0.05) is 0 Å². The van der Waals surface area contributed by atoms with Gasteiger partial charge in [-0.15, -0.1) is 0 Å².